The number of alkyl halides is 3. The molecule has 0 saturated heterocycles. The van der Waals surface area contributed by atoms with Gasteiger partial charge in [0, 0.05) is 11.4 Å². The summed E-state index contributed by atoms with van der Waals surface area (Å²) in [6, 6.07) is 15.0. The van der Waals surface area contributed by atoms with Crippen molar-refractivity contribution >= 4 is 29.2 Å². The molecule has 6 nitrogen and oxygen atoms in total. The fraction of sp³-hybridized carbons (Fsp3) is 0.240. The average Bonchev–Trinajstić information content (AvgIpc) is 3.65. The van der Waals surface area contributed by atoms with Gasteiger partial charge in [-0.1, -0.05) is 18.2 Å². The van der Waals surface area contributed by atoms with Crippen molar-refractivity contribution in [2.24, 2.45) is 10.1 Å². The predicted molar refractivity (Wildman–Crippen MR) is 128 cm³/mol. The van der Waals surface area contributed by atoms with Gasteiger partial charge in [0.15, 0.2) is 0 Å². The van der Waals surface area contributed by atoms with Gasteiger partial charge in [-0.05, 0) is 73.2 Å². The number of aliphatic imine (C=N–C) groups is 1. The molecule has 3 aromatic rings. The molecule has 9 heteroatoms. The van der Waals surface area contributed by atoms with Crippen molar-refractivity contribution in [3.8, 4) is 0 Å². The molecule has 1 aromatic heterocycles. The van der Waals surface area contributed by atoms with Gasteiger partial charge in [0.1, 0.15) is 0 Å². The van der Waals surface area contributed by atoms with E-state index in [1.165, 1.54) is 30.7 Å². The number of nitrogens with zero attached hydrogens (tertiary/aromatic N) is 3. The monoisotopic (exact) mass is 464 g/mol. The fourth-order valence-electron chi connectivity index (χ4n) is 3.85. The van der Waals surface area contributed by atoms with Crippen molar-refractivity contribution in [3.63, 3.8) is 0 Å². The molecular formula is C25H23F3N6. The minimum absolute atomic E-state index is 0.0153. The van der Waals surface area contributed by atoms with Gasteiger partial charge in [-0.2, -0.15) is 18.3 Å². The van der Waals surface area contributed by atoms with E-state index in [1.807, 2.05) is 6.92 Å². The highest BCUT2D eigenvalue weighted by atomic mass is 19.4. The molecule has 1 atom stereocenters. The minimum atomic E-state index is -4.39. The van der Waals surface area contributed by atoms with E-state index in [4.69, 9.17) is 0 Å². The first-order chi connectivity index (χ1) is 16.3. The van der Waals surface area contributed by atoms with E-state index >= 15 is 0 Å². The van der Waals surface area contributed by atoms with Gasteiger partial charge in [0.05, 0.1) is 35.4 Å². The third-order valence-corrected chi connectivity index (χ3v) is 5.78. The summed E-state index contributed by atoms with van der Waals surface area (Å²) in [5.41, 5.74) is 7.27. The third-order valence-electron chi connectivity index (χ3n) is 5.78. The Kier molecular flexibility index (Phi) is 5.69. The Bertz CT molecular complexity index is 1250. The van der Waals surface area contributed by atoms with E-state index in [0.29, 0.717) is 28.9 Å². The maximum atomic E-state index is 12.9. The molecule has 1 aliphatic carbocycles. The zero-order valence-corrected chi connectivity index (χ0v) is 18.4. The molecule has 1 unspecified atom stereocenters. The Labute approximate surface area is 195 Å². The van der Waals surface area contributed by atoms with E-state index < -0.39 is 11.7 Å². The van der Waals surface area contributed by atoms with E-state index in [9.17, 15) is 13.2 Å². The maximum Gasteiger partial charge on any atom is 0.416 e. The van der Waals surface area contributed by atoms with Gasteiger partial charge in [0.2, 0.25) is 5.96 Å². The molecular weight excluding hydrogens is 441 g/mol. The van der Waals surface area contributed by atoms with Gasteiger partial charge in [0.25, 0.3) is 0 Å². The fourth-order valence-corrected chi connectivity index (χ4v) is 3.85. The molecule has 0 spiro atoms. The van der Waals surface area contributed by atoms with E-state index in [0.717, 1.165) is 23.4 Å². The second-order valence-electron chi connectivity index (χ2n) is 8.44. The lowest BCUT2D eigenvalue weighted by atomic mass is 10.0. The Morgan fingerprint density at radius 2 is 1.91 bits per heavy atom. The van der Waals surface area contributed by atoms with Crippen LogP contribution in [0.1, 0.15) is 54.1 Å². The first-order valence-electron chi connectivity index (χ1n) is 11.0. The van der Waals surface area contributed by atoms with Crippen LogP contribution >= 0.6 is 0 Å². The SMILES string of the molecule is CC1N=C(N/N=C/c2ccc(Nc3cccc(C(F)(F)F)c3)cn2)Nc2cc(C3CC3)ccc21. The van der Waals surface area contributed by atoms with Crippen molar-refractivity contribution < 1.29 is 13.2 Å². The molecule has 3 N–H and O–H groups in total. The minimum Gasteiger partial charge on any atom is -0.354 e. The normalized spacial score (nSPS) is 17.6. The van der Waals surface area contributed by atoms with Crippen LogP contribution in [0.25, 0.3) is 0 Å². The van der Waals surface area contributed by atoms with Crippen molar-refractivity contribution in [2.45, 2.75) is 37.9 Å². The first-order valence-corrected chi connectivity index (χ1v) is 11.0. The van der Waals surface area contributed by atoms with Crippen molar-refractivity contribution in [1.82, 2.24) is 10.4 Å². The molecule has 5 rings (SSSR count). The largest absolute Gasteiger partial charge is 0.416 e. The standard InChI is InChI=1S/C25H23F3N6/c1-15-22-10-7-17(16-5-6-16)11-23(22)33-24(31-15)34-30-14-20-8-9-21(13-29-20)32-19-4-2-3-18(12-19)25(26,27)28/h2-4,7-16,32H,5-6H2,1H3,(H2,31,33,34)/b30-14+. The molecule has 2 heterocycles. The summed E-state index contributed by atoms with van der Waals surface area (Å²) >= 11 is 0. The van der Waals surface area contributed by atoms with Gasteiger partial charge in [-0.3, -0.25) is 4.98 Å². The summed E-state index contributed by atoms with van der Waals surface area (Å²) in [7, 11) is 0. The lowest BCUT2D eigenvalue weighted by Crippen LogP contribution is -2.30. The summed E-state index contributed by atoms with van der Waals surface area (Å²) in [4.78, 5) is 8.88. The average molecular weight is 464 g/mol. The number of fused-ring (bicyclic) bond motifs is 1. The van der Waals surface area contributed by atoms with Crippen LogP contribution in [0.2, 0.25) is 0 Å². The van der Waals surface area contributed by atoms with Crippen LogP contribution in [-0.4, -0.2) is 17.2 Å². The number of hydrogen-bond acceptors (Lipinski definition) is 6. The van der Waals surface area contributed by atoms with Gasteiger partial charge in [-0.25, -0.2) is 10.4 Å². The lowest BCUT2D eigenvalue weighted by Gasteiger charge is -2.23. The van der Waals surface area contributed by atoms with Crippen LogP contribution in [0.5, 0.6) is 0 Å². The Morgan fingerprint density at radius 3 is 2.65 bits per heavy atom. The number of hydrogen-bond donors (Lipinski definition) is 3. The van der Waals surface area contributed by atoms with Crippen molar-refractivity contribution in [3.05, 3.63) is 83.2 Å². The summed E-state index contributed by atoms with van der Waals surface area (Å²) in [6.07, 6.45) is 1.20. The zero-order chi connectivity index (χ0) is 23.7. The van der Waals surface area contributed by atoms with E-state index in [2.05, 4.69) is 49.3 Å². The van der Waals surface area contributed by atoms with Gasteiger partial charge < -0.3 is 10.6 Å². The summed E-state index contributed by atoms with van der Waals surface area (Å²) in [6.45, 7) is 2.04. The number of guanidine groups is 1. The molecule has 0 amide bonds. The number of halogens is 3. The number of hydrazone groups is 1. The van der Waals surface area contributed by atoms with Crippen LogP contribution in [0.3, 0.4) is 0 Å². The second-order valence-corrected chi connectivity index (χ2v) is 8.44. The molecule has 1 fully saturated rings. The number of nitrogens with one attached hydrogen (secondary N) is 3. The Morgan fingerprint density at radius 1 is 1.06 bits per heavy atom. The molecule has 1 aliphatic heterocycles. The maximum absolute atomic E-state index is 12.9. The summed E-state index contributed by atoms with van der Waals surface area (Å²) in [5, 5.41) is 10.5. The number of benzene rings is 2. The van der Waals surface area contributed by atoms with Crippen molar-refractivity contribution in [1.29, 1.82) is 0 Å². The second kappa shape index (κ2) is 8.81. The van der Waals surface area contributed by atoms with Gasteiger partial charge >= 0.3 is 6.18 Å². The number of anilines is 3. The van der Waals surface area contributed by atoms with Crippen LogP contribution in [0.15, 0.2) is 70.9 Å². The van der Waals surface area contributed by atoms with Crippen LogP contribution in [0.4, 0.5) is 30.2 Å². The van der Waals surface area contributed by atoms with Gasteiger partial charge in [-0.15, -0.1) is 0 Å². The van der Waals surface area contributed by atoms with Crippen molar-refractivity contribution in [2.75, 3.05) is 10.6 Å². The molecule has 0 bridgehead atoms. The summed E-state index contributed by atoms with van der Waals surface area (Å²) in [5.74, 6) is 1.24. The summed E-state index contributed by atoms with van der Waals surface area (Å²) < 4.78 is 38.7. The molecule has 0 radical (unpaired) electrons. The highest BCUT2D eigenvalue weighted by Crippen LogP contribution is 2.42. The smallest absolute Gasteiger partial charge is 0.354 e. The molecule has 1 saturated carbocycles. The number of pyridine rings is 1. The molecule has 2 aromatic carbocycles. The number of aromatic nitrogens is 1. The molecule has 2 aliphatic rings. The van der Waals surface area contributed by atoms with Crippen LogP contribution in [-0.2, 0) is 6.18 Å². The first kappa shape index (κ1) is 21.9. The Balaban J connectivity index is 1.20. The molecule has 34 heavy (non-hydrogen) atoms. The van der Waals surface area contributed by atoms with Crippen LogP contribution in [0, 0.1) is 0 Å². The lowest BCUT2D eigenvalue weighted by molar-refractivity contribution is -0.137. The third kappa shape index (κ3) is 5.03. The predicted octanol–water partition coefficient (Wildman–Crippen LogP) is 6.19. The quantitative estimate of drug-likeness (QED) is 0.311. The highest BCUT2D eigenvalue weighted by molar-refractivity contribution is 5.96. The molecule has 174 valence electrons. The zero-order valence-electron chi connectivity index (χ0n) is 18.4. The van der Waals surface area contributed by atoms with E-state index in [1.54, 1.807) is 24.4 Å². The highest BCUT2D eigenvalue weighted by Gasteiger charge is 2.30. The van der Waals surface area contributed by atoms with E-state index in [-0.39, 0.29) is 6.04 Å². The number of rotatable bonds is 5. The Hall–Kier alpha value is -3.88. The topological polar surface area (TPSA) is 73.7 Å². The van der Waals surface area contributed by atoms with Crippen LogP contribution < -0.4 is 16.1 Å².